The molecule has 0 aromatic carbocycles. The zero-order chi connectivity index (χ0) is 12.3. The Kier molecular flexibility index (Phi) is 4.20. The van der Waals surface area contributed by atoms with Gasteiger partial charge in [-0.2, -0.15) is 0 Å². The molecule has 4 nitrogen and oxygen atoms in total. The lowest BCUT2D eigenvalue weighted by Gasteiger charge is -2.29. The maximum Gasteiger partial charge on any atom is 0.122 e. The second-order valence-corrected chi connectivity index (χ2v) is 4.73. The summed E-state index contributed by atoms with van der Waals surface area (Å²) < 4.78 is 11.4. The molecule has 2 N–H and O–H groups in total. The second kappa shape index (κ2) is 5.67. The van der Waals surface area contributed by atoms with Crippen molar-refractivity contribution in [2.45, 2.75) is 32.4 Å². The quantitative estimate of drug-likeness (QED) is 0.870. The molecule has 17 heavy (non-hydrogen) atoms. The Labute approximate surface area is 103 Å². The van der Waals surface area contributed by atoms with Gasteiger partial charge in [-0.05, 0) is 32.4 Å². The van der Waals surface area contributed by atoms with Crippen molar-refractivity contribution in [3.05, 3.63) is 23.7 Å². The number of nitrogens with two attached hydrogens (primary N) is 1. The first-order chi connectivity index (χ1) is 8.20. The van der Waals surface area contributed by atoms with Crippen molar-refractivity contribution in [3.8, 4) is 0 Å². The Balaban J connectivity index is 2.11. The molecule has 0 radical (unpaired) electrons. The van der Waals surface area contributed by atoms with Crippen molar-refractivity contribution < 1.29 is 9.15 Å². The molecule has 1 aliphatic rings. The zero-order valence-electron chi connectivity index (χ0n) is 10.7. The number of furan rings is 1. The van der Waals surface area contributed by atoms with Gasteiger partial charge in [-0.15, -0.1) is 0 Å². The van der Waals surface area contributed by atoms with E-state index in [4.69, 9.17) is 14.9 Å². The summed E-state index contributed by atoms with van der Waals surface area (Å²) in [4.78, 5) is 2.37. The molecule has 1 fully saturated rings. The first kappa shape index (κ1) is 12.6. The van der Waals surface area contributed by atoms with Gasteiger partial charge in [0.1, 0.15) is 11.5 Å². The molecule has 0 spiro atoms. The van der Waals surface area contributed by atoms with Crippen LogP contribution in [0.4, 0.5) is 0 Å². The van der Waals surface area contributed by atoms with Crippen LogP contribution in [0.2, 0.25) is 0 Å². The molecule has 2 atom stereocenters. The first-order valence-electron chi connectivity index (χ1n) is 6.32. The van der Waals surface area contributed by atoms with E-state index in [9.17, 15) is 0 Å². The average molecular weight is 238 g/mol. The maximum atomic E-state index is 5.90. The van der Waals surface area contributed by atoms with Gasteiger partial charge in [-0.3, -0.25) is 4.90 Å². The first-order valence-corrected chi connectivity index (χ1v) is 6.32. The van der Waals surface area contributed by atoms with E-state index in [2.05, 4.69) is 11.8 Å². The fraction of sp³-hybridized carbons (Fsp3) is 0.692. The number of hydrogen-bond donors (Lipinski definition) is 1. The highest BCUT2D eigenvalue weighted by Gasteiger charge is 2.25. The molecule has 4 heteroatoms. The third kappa shape index (κ3) is 3.09. The molecule has 0 saturated carbocycles. The molecule has 0 amide bonds. The van der Waals surface area contributed by atoms with Crippen LogP contribution in [-0.2, 0) is 4.74 Å². The summed E-state index contributed by atoms with van der Waals surface area (Å²) >= 11 is 0. The topological polar surface area (TPSA) is 51.6 Å². The Morgan fingerprint density at radius 3 is 3.00 bits per heavy atom. The second-order valence-electron chi connectivity index (χ2n) is 4.73. The molecule has 0 aliphatic carbocycles. The van der Waals surface area contributed by atoms with Gasteiger partial charge in [0, 0.05) is 26.2 Å². The van der Waals surface area contributed by atoms with Crippen LogP contribution >= 0.6 is 0 Å². The lowest BCUT2D eigenvalue weighted by atomic mass is 10.1. The number of hydrogen-bond acceptors (Lipinski definition) is 4. The highest BCUT2D eigenvalue weighted by molar-refractivity contribution is 5.10. The van der Waals surface area contributed by atoms with E-state index in [1.807, 2.05) is 19.1 Å². The molecular formula is C13H22N2O2. The molecule has 0 bridgehead atoms. The molecule has 2 rings (SSSR count). The van der Waals surface area contributed by atoms with E-state index in [1.165, 1.54) is 0 Å². The summed E-state index contributed by atoms with van der Waals surface area (Å²) in [6.45, 7) is 7.43. The van der Waals surface area contributed by atoms with Gasteiger partial charge in [0.05, 0.1) is 12.1 Å². The third-order valence-corrected chi connectivity index (χ3v) is 3.24. The number of ether oxygens (including phenoxy) is 1. The van der Waals surface area contributed by atoms with Crippen molar-refractivity contribution in [1.29, 1.82) is 0 Å². The minimum atomic E-state index is 0.174. The summed E-state index contributed by atoms with van der Waals surface area (Å²) in [6.07, 6.45) is 1.32. The fourth-order valence-electron chi connectivity index (χ4n) is 2.39. The standard InChI is InChI=1S/C13H22N2O2/c1-10-4-5-13(17-10)12(8-14)15-6-3-7-16-11(2)9-15/h4-5,11-12H,3,6-9,14H2,1-2H3. The van der Waals surface area contributed by atoms with Gasteiger partial charge in [-0.1, -0.05) is 0 Å². The SMILES string of the molecule is Cc1ccc(C(CN)N2CCCOC(C)C2)o1. The Hall–Kier alpha value is -0.840. The van der Waals surface area contributed by atoms with Crippen molar-refractivity contribution in [3.63, 3.8) is 0 Å². The van der Waals surface area contributed by atoms with Crippen molar-refractivity contribution in [1.82, 2.24) is 4.90 Å². The smallest absolute Gasteiger partial charge is 0.122 e. The number of rotatable bonds is 3. The van der Waals surface area contributed by atoms with Crippen LogP contribution in [0.1, 0.15) is 30.9 Å². The Bertz CT molecular complexity index is 351. The minimum absolute atomic E-state index is 0.174. The van der Waals surface area contributed by atoms with Crippen LogP contribution in [0.3, 0.4) is 0 Å². The number of aryl methyl sites for hydroxylation is 1. The van der Waals surface area contributed by atoms with Gasteiger partial charge < -0.3 is 14.9 Å². The molecule has 1 saturated heterocycles. The molecule has 1 aliphatic heterocycles. The van der Waals surface area contributed by atoms with Crippen LogP contribution in [0, 0.1) is 6.92 Å². The van der Waals surface area contributed by atoms with Gasteiger partial charge in [0.25, 0.3) is 0 Å². The summed E-state index contributed by atoms with van der Waals surface area (Å²) in [7, 11) is 0. The summed E-state index contributed by atoms with van der Waals surface area (Å²) in [5.41, 5.74) is 5.90. The average Bonchev–Trinajstić information content (AvgIpc) is 2.59. The van der Waals surface area contributed by atoms with E-state index in [0.717, 1.165) is 37.6 Å². The van der Waals surface area contributed by atoms with E-state index in [0.29, 0.717) is 6.54 Å². The van der Waals surface area contributed by atoms with Gasteiger partial charge in [-0.25, -0.2) is 0 Å². The van der Waals surface area contributed by atoms with Crippen LogP contribution in [0.15, 0.2) is 16.5 Å². The van der Waals surface area contributed by atoms with E-state index < -0.39 is 0 Å². The molecular weight excluding hydrogens is 216 g/mol. The minimum Gasteiger partial charge on any atom is -0.465 e. The maximum absolute atomic E-state index is 5.90. The third-order valence-electron chi connectivity index (χ3n) is 3.24. The van der Waals surface area contributed by atoms with Gasteiger partial charge in [0.15, 0.2) is 0 Å². The van der Waals surface area contributed by atoms with Crippen molar-refractivity contribution in [2.24, 2.45) is 5.73 Å². The summed E-state index contributed by atoms with van der Waals surface area (Å²) in [5.74, 6) is 1.91. The Morgan fingerprint density at radius 1 is 1.53 bits per heavy atom. The number of nitrogens with zero attached hydrogens (tertiary/aromatic N) is 1. The highest BCUT2D eigenvalue weighted by atomic mass is 16.5. The monoisotopic (exact) mass is 238 g/mol. The predicted molar refractivity (Wildman–Crippen MR) is 66.8 cm³/mol. The van der Waals surface area contributed by atoms with Crippen LogP contribution in [0.5, 0.6) is 0 Å². The predicted octanol–water partition coefficient (Wildman–Crippen LogP) is 1.70. The van der Waals surface area contributed by atoms with E-state index >= 15 is 0 Å². The summed E-state index contributed by atoms with van der Waals surface area (Å²) in [6, 6.07) is 4.20. The van der Waals surface area contributed by atoms with Crippen molar-refractivity contribution in [2.75, 3.05) is 26.2 Å². The molecule has 96 valence electrons. The molecule has 2 heterocycles. The lowest BCUT2D eigenvalue weighted by molar-refractivity contribution is 0.0591. The van der Waals surface area contributed by atoms with Crippen LogP contribution < -0.4 is 5.73 Å². The van der Waals surface area contributed by atoms with E-state index in [-0.39, 0.29) is 12.1 Å². The van der Waals surface area contributed by atoms with Crippen LogP contribution in [0.25, 0.3) is 0 Å². The molecule has 1 aromatic rings. The van der Waals surface area contributed by atoms with Crippen molar-refractivity contribution >= 4 is 0 Å². The normalized spacial score (nSPS) is 24.5. The lowest BCUT2D eigenvalue weighted by Crippen LogP contribution is -2.37. The highest BCUT2D eigenvalue weighted by Crippen LogP contribution is 2.23. The van der Waals surface area contributed by atoms with E-state index in [1.54, 1.807) is 0 Å². The fourth-order valence-corrected chi connectivity index (χ4v) is 2.39. The van der Waals surface area contributed by atoms with Crippen LogP contribution in [-0.4, -0.2) is 37.2 Å². The Morgan fingerprint density at radius 2 is 2.35 bits per heavy atom. The largest absolute Gasteiger partial charge is 0.465 e. The molecule has 2 unspecified atom stereocenters. The van der Waals surface area contributed by atoms with Gasteiger partial charge in [0.2, 0.25) is 0 Å². The van der Waals surface area contributed by atoms with Gasteiger partial charge >= 0.3 is 0 Å². The zero-order valence-corrected chi connectivity index (χ0v) is 10.7. The molecule has 1 aromatic heterocycles. The summed E-state index contributed by atoms with van der Waals surface area (Å²) in [5, 5.41) is 0.